The van der Waals surface area contributed by atoms with E-state index in [1.165, 1.54) is 13.0 Å². The molecule has 0 unspecified atom stereocenters. The van der Waals surface area contributed by atoms with Crippen LogP contribution in [0.4, 0.5) is 0 Å². The van der Waals surface area contributed by atoms with E-state index in [1.54, 1.807) is 26.8 Å². The van der Waals surface area contributed by atoms with Crippen molar-refractivity contribution in [2.24, 2.45) is 0 Å². The van der Waals surface area contributed by atoms with Gasteiger partial charge < -0.3 is 14.5 Å². The summed E-state index contributed by atoms with van der Waals surface area (Å²) in [6.07, 6.45) is 6.38. The predicted molar refractivity (Wildman–Crippen MR) is 107 cm³/mol. The number of hydrogen-bond acceptors (Lipinski definition) is 5. The second-order valence-corrected chi connectivity index (χ2v) is 6.78. The molecule has 152 valence electrons. The van der Waals surface area contributed by atoms with Gasteiger partial charge in [0.2, 0.25) is 5.91 Å². The first-order valence-corrected chi connectivity index (χ1v) is 9.46. The van der Waals surface area contributed by atoms with Crippen molar-refractivity contribution in [3.05, 3.63) is 59.9 Å². The summed E-state index contributed by atoms with van der Waals surface area (Å²) >= 11 is 0. The lowest BCUT2D eigenvalue weighted by Gasteiger charge is -2.34. The normalized spacial score (nSPS) is 14.2. The van der Waals surface area contributed by atoms with Gasteiger partial charge in [-0.1, -0.05) is 30.3 Å². The maximum atomic E-state index is 12.1. The summed E-state index contributed by atoms with van der Waals surface area (Å²) in [6, 6.07) is 9.95. The third-order valence-corrected chi connectivity index (χ3v) is 4.67. The highest BCUT2D eigenvalue weighted by molar-refractivity contribution is 5.89. The summed E-state index contributed by atoms with van der Waals surface area (Å²) in [4.78, 5) is 38.6. The quantitative estimate of drug-likeness (QED) is 0.541. The minimum absolute atomic E-state index is 0.000699. The van der Waals surface area contributed by atoms with E-state index in [0.717, 1.165) is 11.1 Å². The molecule has 2 amide bonds. The molecule has 0 aliphatic carbocycles. The third-order valence-electron chi connectivity index (χ3n) is 4.67. The fourth-order valence-corrected chi connectivity index (χ4v) is 3.03. The average Bonchev–Trinajstić information content (AvgIpc) is 3.18. The number of amides is 2. The summed E-state index contributed by atoms with van der Waals surface area (Å²) in [5.74, 6) is -0.845. The van der Waals surface area contributed by atoms with Crippen LogP contribution in [0.2, 0.25) is 0 Å². The third kappa shape index (κ3) is 6.03. The van der Waals surface area contributed by atoms with Gasteiger partial charge in [0.15, 0.2) is 6.61 Å². The molecule has 0 atom stereocenters. The first kappa shape index (κ1) is 20.3. The lowest BCUT2D eigenvalue weighted by Crippen LogP contribution is -2.51. The standard InChI is InChI=1S/C21H24N4O4/c1-17(26)23-9-11-24(12-10-23)20(27)16-29-21(28)8-7-19-13-22-25(15-19)14-18-5-3-2-4-6-18/h2-8,13,15H,9-12,14,16H2,1H3/b8-7+. The van der Waals surface area contributed by atoms with Crippen molar-refractivity contribution in [3.8, 4) is 0 Å². The van der Waals surface area contributed by atoms with Gasteiger partial charge >= 0.3 is 5.97 Å². The smallest absolute Gasteiger partial charge is 0.331 e. The fraction of sp³-hybridized carbons (Fsp3) is 0.333. The van der Waals surface area contributed by atoms with E-state index < -0.39 is 5.97 Å². The summed E-state index contributed by atoms with van der Waals surface area (Å²) in [5, 5.41) is 4.27. The van der Waals surface area contributed by atoms with Gasteiger partial charge in [0.05, 0.1) is 12.7 Å². The van der Waals surface area contributed by atoms with Crippen LogP contribution in [-0.4, -0.2) is 70.1 Å². The van der Waals surface area contributed by atoms with Crippen molar-refractivity contribution >= 4 is 23.9 Å². The number of esters is 1. The van der Waals surface area contributed by atoms with Crippen molar-refractivity contribution in [1.29, 1.82) is 0 Å². The molecule has 0 bridgehead atoms. The van der Waals surface area contributed by atoms with E-state index in [0.29, 0.717) is 32.7 Å². The van der Waals surface area contributed by atoms with Crippen LogP contribution < -0.4 is 0 Å². The van der Waals surface area contributed by atoms with Crippen LogP contribution in [0.15, 0.2) is 48.8 Å². The number of carbonyl (C=O) groups is 3. The number of nitrogens with zero attached hydrogens (tertiary/aromatic N) is 4. The Morgan fingerprint density at radius 1 is 1.07 bits per heavy atom. The molecule has 29 heavy (non-hydrogen) atoms. The summed E-state index contributed by atoms with van der Waals surface area (Å²) in [6.45, 7) is 3.75. The molecule has 1 aliphatic heterocycles. The highest BCUT2D eigenvalue weighted by Gasteiger charge is 2.22. The Balaban J connectivity index is 1.42. The summed E-state index contributed by atoms with van der Waals surface area (Å²) < 4.78 is 6.81. The van der Waals surface area contributed by atoms with Gasteiger partial charge in [0.25, 0.3) is 5.91 Å². The summed E-state index contributed by atoms with van der Waals surface area (Å²) in [5.41, 5.74) is 1.90. The zero-order chi connectivity index (χ0) is 20.6. The molecule has 2 aromatic rings. The number of piperazine rings is 1. The lowest BCUT2D eigenvalue weighted by atomic mass is 10.2. The molecule has 1 aromatic carbocycles. The minimum Gasteiger partial charge on any atom is -0.452 e. The van der Waals surface area contributed by atoms with E-state index in [9.17, 15) is 14.4 Å². The molecule has 0 saturated carbocycles. The first-order valence-electron chi connectivity index (χ1n) is 9.46. The highest BCUT2D eigenvalue weighted by Crippen LogP contribution is 2.06. The second-order valence-electron chi connectivity index (χ2n) is 6.78. The highest BCUT2D eigenvalue weighted by atomic mass is 16.5. The maximum Gasteiger partial charge on any atom is 0.331 e. The van der Waals surface area contributed by atoms with Crippen LogP contribution in [0.3, 0.4) is 0 Å². The molecule has 2 heterocycles. The Morgan fingerprint density at radius 3 is 2.45 bits per heavy atom. The van der Waals surface area contributed by atoms with Crippen LogP contribution in [0.1, 0.15) is 18.1 Å². The van der Waals surface area contributed by atoms with Crippen molar-refractivity contribution in [1.82, 2.24) is 19.6 Å². The van der Waals surface area contributed by atoms with Crippen LogP contribution in [0, 0.1) is 0 Å². The Hall–Kier alpha value is -3.42. The first-order chi connectivity index (χ1) is 14.0. The molecule has 1 fully saturated rings. The predicted octanol–water partition coefficient (Wildman–Crippen LogP) is 1.18. The molecule has 1 aliphatic rings. The van der Waals surface area contributed by atoms with Gasteiger partial charge in [-0.2, -0.15) is 5.10 Å². The second kappa shape index (κ2) is 9.68. The van der Waals surface area contributed by atoms with Gasteiger partial charge in [0.1, 0.15) is 0 Å². The molecule has 0 radical (unpaired) electrons. The zero-order valence-corrected chi connectivity index (χ0v) is 16.4. The Labute approximate surface area is 169 Å². The molecule has 1 aromatic heterocycles. The molecule has 0 N–H and O–H groups in total. The number of rotatable bonds is 6. The van der Waals surface area contributed by atoms with Gasteiger partial charge in [-0.15, -0.1) is 0 Å². The van der Waals surface area contributed by atoms with Crippen molar-refractivity contribution in [2.75, 3.05) is 32.8 Å². The molecular formula is C21H24N4O4. The number of ether oxygens (including phenoxy) is 1. The van der Waals surface area contributed by atoms with E-state index in [1.807, 2.05) is 36.5 Å². The van der Waals surface area contributed by atoms with E-state index in [2.05, 4.69) is 5.10 Å². The molecule has 0 spiro atoms. The molecular weight excluding hydrogens is 372 g/mol. The van der Waals surface area contributed by atoms with Crippen LogP contribution in [0.5, 0.6) is 0 Å². The van der Waals surface area contributed by atoms with Crippen LogP contribution in [-0.2, 0) is 25.7 Å². The van der Waals surface area contributed by atoms with E-state index >= 15 is 0 Å². The van der Waals surface area contributed by atoms with Gasteiger partial charge in [0, 0.05) is 50.9 Å². The van der Waals surface area contributed by atoms with Crippen molar-refractivity contribution < 1.29 is 19.1 Å². The number of benzene rings is 1. The summed E-state index contributed by atoms with van der Waals surface area (Å²) in [7, 11) is 0. The largest absolute Gasteiger partial charge is 0.452 e. The van der Waals surface area contributed by atoms with Crippen molar-refractivity contribution in [3.63, 3.8) is 0 Å². The average molecular weight is 396 g/mol. The Morgan fingerprint density at radius 2 is 1.76 bits per heavy atom. The fourth-order valence-electron chi connectivity index (χ4n) is 3.03. The zero-order valence-electron chi connectivity index (χ0n) is 16.4. The van der Waals surface area contributed by atoms with Crippen LogP contribution >= 0.6 is 0 Å². The molecule has 8 heteroatoms. The maximum absolute atomic E-state index is 12.1. The topological polar surface area (TPSA) is 84.7 Å². The minimum atomic E-state index is -0.587. The monoisotopic (exact) mass is 396 g/mol. The molecule has 1 saturated heterocycles. The molecule has 8 nitrogen and oxygen atoms in total. The van der Waals surface area contributed by atoms with E-state index in [-0.39, 0.29) is 18.4 Å². The van der Waals surface area contributed by atoms with Crippen LogP contribution in [0.25, 0.3) is 6.08 Å². The van der Waals surface area contributed by atoms with Gasteiger partial charge in [-0.05, 0) is 11.6 Å². The number of hydrogen-bond donors (Lipinski definition) is 0. The Bertz CT molecular complexity index is 883. The lowest BCUT2D eigenvalue weighted by molar-refractivity contribution is -0.149. The van der Waals surface area contributed by atoms with Gasteiger partial charge in [-0.3, -0.25) is 14.3 Å². The van der Waals surface area contributed by atoms with Crippen molar-refractivity contribution in [2.45, 2.75) is 13.5 Å². The van der Waals surface area contributed by atoms with E-state index in [4.69, 9.17) is 4.74 Å². The number of aromatic nitrogens is 2. The SMILES string of the molecule is CC(=O)N1CCN(C(=O)COC(=O)/C=C/c2cnn(Cc3ccccc3)c2)CC1. The molecule has 3 rings (SSSR count). The van der Waals surface area contributed by atoms with Gasteiger partial charge in [-0.25, -0.2) is 4.79 Å². The number of carbonyl (C=O) groups excluding carboxylic acids is 3. The Kier molecular flexibility index (Phi) is 6.78.